The lowest BCUT2D eigenvalue weighted by Gasteiger charge is -2.20. The Morgan fingerprint density at radius 3 is 2.67 bits per heavy atom. The molecule has 0 radical (unpaired) electrons. The predicted octanol–water partition coefficient (Wildman–Crippen LogP) is 3.77. The fraction of sp³-hybridized carbons (Fsp3) is 0.538. The highest BCUT2D eigenvalue weighted by atomic mass is 127. The lowest BCUT2D eigenvalue weighted by molar-refractivity contribution is 0.0463. The molecule has 2 rings (SSSR count). The highest BCUT2D eigenvalue weighted by Crippen LogP contribution is 2.31. The molecule has 1 nitrogen and oxygen atoms in total. The molecule has 1 fully saturated rings. The van der Waals surface area contributed by atoms with Crippen molar-refractivity contribution in [2.24, 2.45) is 0 Å². The lowest BCUT2D eigenvalue weighted by Crippen LogP contribution is -2.18. The van der Waals surface area contributed by atoms with Gasteiger partial charge >= 0.3 is 0 Å². The number of hydrogen-bond donors (Lipinski definition) is 0. The van der Waals surface area contributed by atoms with Crippen LogP contribution in [0.25, 0.3) is 0 Å². The molecule has 1 aromatic rings. The van der Waals surface area contributed by atoms with Crippen molar-refractivity contribution in [1.29, 1.82) is 0 Å². The fourth-order valence-electron chi connectivity index (χ4n) is 2.19. The molecule has 0 N–H and O–H groups in total. The summed E-state index contributed by atoms with van der Waals surface area (Å²) in [6.45, 7) is 2.27. The van der Waals surface area contributed by atoms with E-state index in [1.807, 2.05) is 0 Å². The summed E-state index contributed by atoms with van der Waals surface area (Å²) in [6, 6.07) is 10.7. The van der Waals surface area contributed by atoms with Crippen LogP contribution in [-0.2, 0) is 4.74 Å². The smallest absolute Gasteiger partial charge is 0.0669 e. The Balaban J connectivity index is 2.00. The van der Waals surface area contributed by atoms with E-state index in [0.717, 1.165) is 4.43 Å². The van der Waals surface area contributed by atoms with E-state index in [9.17, 15) is 0 Å². The van der Waals surface area contributed by atoms with E-state index in [4.69, 9.17) is 4.74 Å². The minimum atomic E-state index is 0.423. The van der Waals surface area contributed by atoms with Crippen LogP contribution in [0.4, 0.5) is 0 Å². The maximum atomic E-state index is 6.02. The SMILES string of the molecule is CC(c1ccccc1)C1CCC(CI)O1. The van der Waals surface area contributed by atoms with Crippen LogP contribution in [0.1, 0.15) is 31.2 Å². The van der Waals surface area contributed by atoms with Gasteiger partial charge in [-0.05, 0) is 18.4 Å². The first kappa shape index (κ1) is 11.4. The third-order valence-corrected chi connectivity index (χ3v) is 4.18. The third-order valence-electron chi connectivity index (χ3n) is 3.20. The van der Waals surface area contributed by atoms with Gasteiger partial charge in [0.05, 0.1) is 12.2 Å². The molecule has 15 heavy (non-hydrogen) atoms. The van der Waals surface area contributed by atoms with E-state index in [2.05, 4.69) is 59.8 Å². The highest BCUT2D eigenvalue weighted by molar-refractivity contribution is 14.1. The van der Waals surface area contributed by atoms with E-state index < -0.39 is 0 Å². The fourth-order valence-corrected chi connectivity index (χ4v) is 2.83. The summed E-state index contributed by atoms with van der Waals surface area (Å²) < 4.78 is 7.14. The first-order valence-electron chi connectivity index (χ1n) is 5.57. The zero-order valence-electron chi connectivity index (χ0n) is 9.03. The maximum absolute atomic E-state index is 6.02. The summed E-state index contributed by atoms with van der Waals surface area (Å²) in [6.07, 6.45) is 3.35. The number of rotatable bonds is 3. The van der Waals surface area contributed by atoms with Crippen molar-refractivity contribution in [3.05, 3.63) is 35.9 Å². The van der Waals surface area contributed by atoms with Gasteiger partial charge in [0.1, 0.15) is 0 Å². The quantitative estimate of drug-likeness (QED) is 0.609. The van der Waals surface area contributed by atoms with Gasteiger partial charge in [-0.15, -0.1) is 0 Å². The molecule has 3 atom stereocenters. The average molecular weight is 316 g/mol. The largest absolute Gasteiger partial charge is 0.374 e. The molecular weight excluding hydrogens is 299 g/mol. The molecule has 2 heteroatoms. The normalized spacial score (nSPS) is 27.9. The van der Waals surface area contributed by atoms with E-state index in [1.165, 1.54) is 18.4 Å². The average Bonchev–Trinajstić information content (AvgIpc) is 2.78. The lowest BCUT2D eigenvalue weighted by atomic mass is 9.94. The molecular formula is C13H17IO. The number of hydrogen-bond acceptors (Lipinski definition) is 1. The Labute approximate surface area is 105 Å². The molecule has 1 aliphatic heterocycles. The van der Waals surface area contributed by atoms with Crippen LogP contribution in [0.3, 0.4) is 0 Å². The van der Waals surface area contributed by atoms with Gasteiger partial charge < -0.3 is 4.74 Å². The molecule has 1 aliphatic rings. The van der Waals surface area contributed by atoms with Crippen LogP contribution >= 0.6 is 22.6 Å². The van der Waals surface area contributed by atoms with Crippen LogP contribution in [0.5, 0.6) is 0 Å². The van der Waals surface area contributed by atoms with Crippen molar-refractivity contribution in [2.45, 2.75) is 37.9 Å². The molecule has 0 bridgehead atoms. The molecule has 0 amide bonds. The summed E-state index contributed by atoms with van der Waals surface area (Å²) in [7, 11) is 0. The number of ether oxygens (including phenoxy) is 1. The standard InChI is InChI=1S/C13H17IO/c1-10(11-5-3-2-4-6-11)13-8-7-12(9-14)15-13/h2-6,10,12-13H,7-9H2,1H3. The van der Waals surface area contributed by atoms with Crippen molar-refractivity contribution in [3.8, 4) is 0 Å². The van der Waals surface area contributed by atoms with Gasteiger partial charge in [-0.3, -0.25) is 0 Å². The Morgan fingerprint density at radius 2 is 2.07 bits per heavy atom. The zero-order valence-corrected chi connectivity index (χ0v) is 11.2. The van der Waals surface area contributed by atoms with Crippen molar-refractivity contribution >= 4 is 22.6 Å². The Kier molecular flexibility index (Phi) is 4.03. The summed E-state index contributed by atoms with van der Waals surface area (Å²) in [5.41, 5.74) is 1.40. The van der Waals surface area contributed by atoms with E-state index in [-0.39, 0.29) is 0 Å². The molecule has 1 aromatic carbocycles. The third kappa shape index (κ3) is 2.72. The number of halogens is 1. The molecule has 82 valence electrons. The zero-order chi connectivity index (χ0) is 10.7. The predicted molar refractivity (Wildman–Crippen MR) is 71.6 cm³/mol. The summed E-state index contributed by atoms with van der Waals surface area (Å²) >= 11 is 2.41. The van der Waals surface area contributed by atoms with Crippen LogP contribution in [0.15, 0.2) is 30.3 Å². The minimum absolute atomic E-state index is 0.423. The highest BCUT2D eigenvalue weighted by Gasteiger charge is 2.29. The van der Waals surface area contributed by atoms with Crippen molar-refractivity contribution in [3.63, 3.8) is 0 Å². The molecule has 1 heterocycles. The first-order valence-corrected chi connectivity index (χ1v) is 7.10. The molecule has 0 aromatic heterocycles. The van der Waals surface area contributed by atoms with Gasteiger partial charge in [0.25, 0.3) is 0 Å². The second kappa shape index (κ2) is 5.30. The maximum Gasteiger partial charge on any atom is 0.0669 e. The molecule has 0 aliphatic carbocycles. The Bertz CT molecular complexity index is 299. The van der Waals surface area contributed by atoms with Crippen LogP contribution in [0, 0.1) is 0 Å². The van der Waals surface area contributed by atoms with Crippen LogP contribution in [0.2, 0.25) is 0 Å². The summed E-state index contributed by atoms with van der Waals surface area (Å²) in [5.74, 6) is 0.527. The van der Waals surface area contributed by atoms with E-state index in [0.29, 0.717) is 18.1 Å². The minimum Gasteiger partial charge on any atom is -0.374 e. The van der Waals surface area contributed by atoms with Crippen molar-refractivity contribution in [1.82, 2.24) is 0 Å². The van der Waals surface area contributed by atoms with Crippen molar-refractivity contribution < 1.29 is 4.74 Å². The van der Waals surface area contributed by atoms with Gasteiger partial charge in [-0.1, -0.05) is 59.8 Å². The van der Waals surface area contributed by atoms with E-state index >= 15 is 0 Å². The van der Waals surface area contributed by atoms with Gasteiger partial charge in [0.15, 0.2) is 0 Å². The Morgan fingerprint density at radius 1 is 1.33 bits per heavy atom. The molecule has 0 spiro atoms. The van der Waals surface area contributed by atoms with Gasteiger partial charge in [-0.25, -0.2) is 0 Å². The van der Waals surface area contributed by atoms with Crippen LogP contribution in [-0.4, -0.2) is 16.6 Å². The van der Waals surface area contributed by atoms with E-state index in [1.54, 1.807) is 0 Å². The van der Waals surface area contributed by atoms with Gasteiger partial charge in [0.2, 0.25) is 0 Å². The van der Waals surface area contributed by atoms with Crippen molar-refractivity contribution in [2.75, 3.05) is 4.43 Å². The number of alkyl halides is 1. The monoisotopic (exact) mass is 316 g/mol. The van der Waals surface area contributed by atoms with Crippen LogP contribution < -0.4 is 0 Å². The second-order valence-corrected chi connectivity index (χ2v) is 5.11. The van der Waals surface area contributed by atoms with Gasteiger partial charge in [0, 0.05) is 10.3 Å². The summed E-state index contributed by atoms with van der Waals surface area (Å²) in [4.78, 5) is 0. The number of benzene rings is 1. The topological polar surface area (TPSA) is 9.23 Å². The molecule has 3 unspecified atom stereocenters. The first-order chi connectivity index (χ1) is 7.31. The second-order valence-electron chi connectivity index (χ2n) is 4.23. The van der Waals surface area contributed by atoms with Gasteiger partial charge in [-0.2, -0.15) is 0 Å². The molecule has 1 saturated heterocycles. The molecule has 0 saturated carbocycles. The summed E-state index contributed by atoms with van der Waals surface area (Å²) in [5, 5.41) is 0. The Hall–Kier alpha value is -0.0900.